The van der Waals surface area contributed by atoms with Gasteiger partial charge in [0.15, 0.2) is 0 Å². The van der Waals surface area contributed by atoms with Crippen LogP contribution in [0.15, 0.2) is 144 Å². The average molecular weight is 1000 g/mol. The first-order chi connectivity index (χ1) is 34.7. The molecule has 2 aromatic heterocycles. The van der Waals surface area contributed by atoms with E-state index in [0.717, 1.165) is 74.6 Å². The van der Waals surface area contributed by atoms with Crippen molar-refractivity contribution in [3.8, 4) is 34.0 Å². The maximum atomic E-state index is 12.8. The number of carbonyl (C=O) groups is 2. The minimum absolute atomic E-state index is 0.0386. The van der Waals surface area contributed by atoms with Crippen LogP contribution in [0.5, 0.6) is 11.5 Å². The lowest BCUT2D eigenvalue weighted by Gasteiger charge is -2.27. The Kier molecular flexibility index (Phi) is 17.5. The summed E-state index contributed by atoms with van der Waals surface area (Å²) in [4.78, 5) is 33.2. The second-order valence-electron chi connectivity index (χ2n) is 17.6. The summed E-state index contributed by atoms with van der Waals surface area (Å²) >= 11 is 3.37. The number of aromatic nitrogens is 2. The second kappa shape index (κ2) is 24.5. The molecule has 0 bridgehead atoms. The zero-order chi connectivity index (χ0) is 51.1. The van der Waals surface area contributed by atoms with Crippen LogP contribution in [0.25, 0.3) is 44.1 Å². The Morgan fingerprint density at radius 3 is 1.63 bits per heavy atom. The van der Waals surface area contributed by atoms with Crippen molar-refractivity contribution < 1.29 is 38.3 Å². The molecule has 0 spiro atoms. The first-order valence-electron chi connectivity index (χ1n) is 24.3. The van der Waals surface area contributed by atoms with E-state index in [2.05, 4.69) is 94.9 Å². The van der Waals surface area contributed by atoms with Gasteiger partial charge in [-0.15, -0.1) is 22.7 Å². The van der Waals surface area contributed by atoms with Gasteiger partial charge in [-0.3, -0.25) is 9.69 Å². The van der Waals surface area contributed by atoms with Crippen molar-refractivity contribution in [1.82, 2.24) is 20.2 Å². The van der Waals surface area contributed by atoms with Crippen molar-refractivity contribution in [2.45, 2.75) is 97.4 Å². The molecule has 0 saturated carbocycles. The molecule has 2 aliphatic heterocycles. The molecular formula is C57H59F3N4O5S2. The third-order valence-electron chi connectivity index (χ3n) is 11.5. The zero-order valence-electron chi connectivity index (χ0n) is 41.3. The van der Waals surface area contributed by atoms with E-state index in [-0.39, 0.29) is 12.1 Å². The lowest BCUT2D eigenvalue weighted by atomic mass is 10.0. The number of fused-ring (bicyclic) bond motifs is 2. The molecule has 71 heavy (non-hydrogen) atoms. The first kappa shape index (κ1) is 50.8. The Hall–Kier alpha value is -6.61. The van der Waals surface area contributed by atoms with E-state index >= 15 is 0 Å². The SMILES string of the molecule is CC(C)(C)OC(=O)N1CCC[C@H]1c1nc(-c2ccc(OCc3ccccc3)c3ccccc23)cs1.O=CC(F)(F)F.[2H]CC.c1ccc(COc2ccc(-c3csc([C@@H]4CCCN4)n3)c3ccccc23)cc1. The molecule has 1 amide bonds. The summed E-state index contributed by atoms with van der Waals surface area (Å²) in [5, 5.41) is 14.4. The molecule has 2 atom stereocenters. The number of rotatable bonds is 10. The van der Waals surface area contributed by atoms with E-state index in [4.69, 9.17) is 30.3 Å². The largest absolute Gasteiger partial charge is 0.488 e. The standard InChI is InChI=1S/C29H30N2O3S.C24H22N2OS.C2HF3O.C2H6/c1-29(2,3)34-28(32)31-17-9-14-25(31)27-30-24(19-35-27)22-15-16-26(23-13-8-7-12-21(22)23)33-18-20-10-5-4-6-11-20;1-2-7-17(8-3-1)15-27-23-13-12-19(18-9-4-5-10-20(18)23)22-16-28-24(26-22)21-11-6-14-25-21;3-2(4,5)1-6;1-2/h4-8,10-13,15-16,19,25H,9,14,17-18H2,1-3H3;1-5,7-10,12-13,16,21,25H,6,11,14-15H2;1H;1-2H3/t25-;21-;;/m00../s1/i;;;1D. The average Bonchev–Trinajstić information content (AvgIpc) is 4.24. The summed E-state index contributed by atoms with van der Waals surface area (Å²) in [6, 6.07) is 45.9. The summed E-state index contributed by atoms with van der Waals surface area (Å²) in [6.07, 6.45) is -1.70. The highest BCUT2D eigenvalue weighted by molar-refractivity contribution is 7.10. The van der Waals surface area contributed by atoms with Gasteiger partial charge in [0.1, 0.15) is 40.3 Å². The topological polar surface area (TPSA) is 103 Å². The van der Waals surface area contributed by atoms with Gasteiger partial charge < -0.3 is 19.5 Å². The van der Waals surface area contributed by atoms with Gasteiger partial charge in [0.25, 0.3) is 0 Å². The van der Waals surface area contributed by atoms with E-state index in [9.17, 15) is 18.0 Å². The van der Waals surface area contributed by atoms with E-state index in [1.165, 1.54) is 34.4 Å². The van der Waals surface area contributed by atoms with Crippen molar-refractivity contribution >= 4 is 56.6 Å². The number of halogens is 3. The number of nitrogens with one attached hydrogen (secondary N) is 1. The lowest BCUT2D eigenvalue weighted by Crippen LogP contribution is -2.36. The Bertz CT molecular complexity index is 2990. The van der Waals surface area contributed by atoms with E-state index in [0.29, 0.717) is 32.7 Å². The van der Waals surface area contributed by atoms with Crippen molar-refractivity contribution in [2.24, 2.45) is 0 Å². The van der Waals surface area contributed by atoms with Crippen LogP contribution >= 0.6 is 22.7 Å². The maximum Gasteiger partial charge on any atom is 0.446 e. The van der Waals surface area contributed by atoms with Gasteiger partial charge in [-0.05, 0) is 99.2 Å². The van der Waals surface area contributed by atoms with Gasteiger partial charge in [-0.1, -0.05) is 123 Å². The molecule has 14 heteroatoms. The zero-order valence-corrected chi connectivity index (χ0v) is 41.9. The Morgan fingerprint density at radius 2 is 1.17 bits per heavy atom. The first-order valence-corrected chi connectivity index (χ1v) is 25.3. The van der Waals surface area contributed by atoms with Crippen LogP contribution in [-0.4, -0.2) is 52.1 Å². The van der Waals surface area contributed by atoms with Crippen LogP contribution in [0.4, 0.5) is 18.0 Å². The van der Waals surface area contributed by atoms with Gasteiger partial charge in [-0.2, -0.15) is 13.2 Å². The second-order valence-corrected chi connectivity index (χ2v) is 19.4. The van der Waals surface area contributed by atoms with Gasteiger partial charge >= 0.3 is 12.3 Å². The summed E-state index contributed by atoms with van der Waals surface area (Å²) in [7, 11) is 0. The molecule has 370 valence electrons. The van der Waals surface area contributed by atoms with Crippen LogP contribution in [0.3, 0.4) is 0 Å². The third kappa shape index (κ3) is 14.1. The number of likely N-dealkylation sites (tertiary alicyclic amines) is 1. The summed E-state index contributed by atoms with van der Waals surface area (Å²) in [5.41, 5.74) is 6.01. The number of carbonyl (C=O) groups excluding carboxylic acids is 2. The number of nitrogens with zero attached hydrogens (tertiary/aromatic N) is 3. The molecule has 4 heterocycles. The van der Waals surface area contributed by atoms with Gasteiger partial charge in [-0.25, -0.2) is 14.8 Å². The maximum absolute atomic E-state index is 12.8. The number of aldehydes is 1. The number of hydrogen-bond donors (Lipinski definition) is 1. The molecule has 0 aliphatic carbocycles. The minimum atomic E-state index is -4.64. The highest BCUT2D eigenvalue weighted by Crippen LogP contribution is 2.40. The third-order valence-corrected chi connectivity index (χ3v) is 13.4. The van der Waals surface area contributed by atoms with Crippen molar-refractivity contribution in [3.63, 3.8) is 0 Å². The molecule has 2 saturated heterocycles. The van der Waals surface area contributed by atoms with E-state index in [1.54, 1.807) is 29.6 Å². The molecule has 0 radical (unpaired) electrons. The highest BCUT2D eigenvalue weighted by Gasteiger charge is 2.35. The van der Waals surface area contributed by atoms with E-state index < -0.39 is 18.1 Å². The number of thiazole rings is 2. The smallest absolute Gasteiger partial charge is 0.446 e. The Balaban J connectivity index is 0.000000184. The predicted molar refractivity (Wildman–Crippen MR) is 280 cm³/mol. The van der Waals surface area contributed by atoms with Gasteiger partial charge in [0, 0.05) is 40.6 Å². The molecule has 1 N–H and O–H groups in total. The van der Waals surface area contributed by atoms with E-state index in [1.807, 2.05) is 80.3 Å². The quantitative estimate of drug-likeness (QED) is 0.135. The molecule has 2 fully saturated rings. The number of ether oxygens (including phenoxy) is 3. The fourth-order valence-electron chi connectivity index (χ4n) is 8.31. The summed E-state index contributed by atoms with van der Waals surface area (Å²) in [5.74, 6) is 1.77. The van der Waals surface area contributed by atoms with Crippen molar-refractivity contribution in [2.75, 3.05) is 13.1 Å². The predicted octanol–water partition coefficient (Wildman–Crippen LogP) is 15.4. The number of amides is 1. The van der Waals surface area contributed by atoms with Gasteiger partial charge in [0.05, 0.1) is 23.5 Å². The summed E-state index contributed by atoms with van der Waals surface area (Å²) in [6.45, 7) is 10.9. The Morgan fingerprint density at radius 1 is 0.704 bits per heavy atom. The minimum Gasteiger partial charge on any atom is -0.488 e. The lowest BCUT2D eigenvalue weighted by molar-refractivity contribution is -0.156. The normalized spacial score (nSPS) is 15.6. The molecule has 6 aromatic carbocycles. The summed E-state index contributed by atoms with van der Waals surface area (Å²) < 4.78 is 55.4. The van der Waals surface area contributed by atoms with Crippen LogP contribution in [0.1, 0.15) is 94.9 Å². The monoisotopic (exact) mass is 1000 g/mol. The fourth-order valence-corrected chi connectivity index (χ4v) is 10.2. The Labute approximate surface area is 423 Å². The molecule has 2 aliphatic rings. The van der Waals surface area contributed by atoms with Gasteiger partial charge in [0.2, 0.25) is 6.29 Å². The molecule has 10 rings (SSSR count). The molecular weight excluding hydrogens is 942 g/mol. The molecule has 0 unspecified atom stereocenters. The fraction of sp³-hybridized carbons (Fsp3) is 0.298. The van der Waals surface area contributed by atoms with Crippen LogP contribution in [-0.2, 0) is 22.7 Å². The van der Waals surface area contributed by atoms with Crippen molar-refractivity contribution in [1.29, 1.82) is 0 Å². The van der Waals surface area contributed by atoms with Crippen LogP contribution in [0, 0.1) is 0 Å². The van der Waals surface area contributed by atoms with Crippen molar-refractivity contribution in [3.05, 3.63) is 165 Å². The molecule has 8 aromatic rings. The molecule has 9 nitrogen and oxygen atoms in total. The number of alkyl halides is 3. The number of hydrogen-bond acceptors (Lipinski definition) is 10. The highest BCUT2D eigenvalue weighted by atomic mass is 32.1. The van der Waals surface area contributed by atoms with Crippen LogP contribution < -0.4 is 14.8 Å². The number of benzene rings is 6. The van der Waals surface area contributed by atoms with Crippen LogP contribution in [0.2, 0.25) is 0 Å².